The fourth-order valence-corrected chi connectivity index (χ4v) is 5.38. The van der Waals surface area contributed by atoms with Crippen LogP contribution in [0.15, 0.2) is 114 Å². The van der Waals surface area contributed by atoms with Crippen molar-refractivity contribution in [2.45, 2.75) is 24.4 Å². The summed E-state index contributed by atoms with van der Waals surface area (Å²) in [5.74, 6) is 0.197. The molecule has 0 heterocycles. The highest BCUT2D eigenvalue weighted by Crippen LogP contribution is 2.30. The molecule has 0 aliphatic heterocycles. The van der Waals surface area contributed by atoms with Gasteiger partial charge in [0, 0.05) is 0 Å². The SMILES string of the molecule is COc1ccc(S(=O)(=O)N(Cc2ccccc2)c2ccccc2C(=O)NC(C)c2ccccc2)cc1. The van der Waals surface area contributed by atoms with Gasteiger partial charge in [0.25, 0.3) is 15.9 Å². The first-order chi connectivity index (χ1) is 17.4. The molecule has 0 radical (unpaired) electrons. The highest BCUT2D eigenvalue weighted by atomic mass is 32.2. The average Bonchev–Trinajstić information content (AvgIpc) is 2.92. The maximum absolute atomic E-state index is 13.9. The van der Waals surface area contributed by atoms with Crippen molar-refractivity contribution < 1.29 is 17.9 Å². The van der Waals surface area contributed by atoms with Crippen LogP contribution in [-0.4, -0.2) is 21.4 Å². The number of anilines is 1. The van der Waals surface area contributed by atoms with Gasteiger partial charge >= 0.3 is 0 Å². The second-order valence-corrected chi connectivity index (χ2v) is 10.2. The lowest BCUT2D eigenvalue weighted by molar-refractivity contribution is 0.0940. The number of hydrogen-bond donors (Lipinski definition) is 1. The minimum atomic E-state index is -4.02. The van der Waals surface area contributed by atoms with E-state index in [9.17, 15) is 13.2 Å². The van der Waals surface area contributed by atoms with Crippen molar-refractivity contribution in [1.29, 1.82) is 0 Å². The second-order valence-electron chi connectivity index (χ2n) is 8.30. The molecule has 36 heavy (non-hydrogen) atoms. The Morgan fingerprint density at radius 1 is 0.833 bits per heavy atom. The van der Waals surface area contributed by atoms with Crippen LogP contribution in [0.2, 0.25) is 0 Å². The molecular weight excluding hydrogens is 472 g/mol. The van der Waals surface area contributed by atoms with Gasteiger partial charge in [0.15, 0.2) is 0 Å². The highest BCUT2D eigenvalue weighted by Gasteiger charge is 2.29. The topological polar surface area (TPSA) is 75.7 Å². The summed E-state index contributed by atoms with van der Waals surface area (Å²) in [7, 11) is -2.49. The largest absolute Gasteiger partial charge is 0.497 e. The summed E-state index contributed by atoms with van der Waals surface area (Å²) >= 11 is 0. The third-order valence-electron chi connectivity index (χ3n) is 5.88. The lowest BCUT2D eigenvalue weighted by atomic mass is 10.1. The van der Waals surface area contributed by atoms with Crippen LogP contribution < -0.4 is 14.4 Å². The van der Waals surface area contributed by atoms with E-state index in [4.69, 9.17) is 4.74 Å². The van der Waals surface area contributed by atoms with Gasteiger partial charge in [-0.15, -0.1) is 0 Å². The minimum Gasteiger partial charge on any atom is -0.497 e. The van der Waals surface area contributed by atoms with Gasteiger partial charge in [0.1, 0.15) is 5.75 Å². The number of carbonyl (C=O) groups excluding carboxylic acids is 1. The number of rotatable bonds is 9. The second kappa shape index (κ2) is 11.1. The number of carbonyl (C=O) groups is 1. The van der Waals surface area contributed by atoms with Crippen molar-refractivity contribution in [3.8, 4) is 5.75 Å². The minimum absolute atomic E-state index is 0.0632. The van der Waals surface area contributed by atoms with Gasteiger partial charge in [0.05, 0.1) is 35.8 Å². The smallest absolute Gasteiger partial charge is 0.264 e. The molecule has 1 unspecified atom stereocenters. The molecular formula is C29H28N2O4S. The molecule has 1 N–H and O–H groups in total. The average molecular weight is 501 g/mol. The van der Waals surface area contributed by atoms with Crippen LogP contribution in [0.25, 0.3) is 0 Å². The third-order valence-corrected chi connectivity index (χ3v) is 7.65. The van der Waals surface area contributed by atoms with Crippen molar-refractivity contribution in [3.63, 3.8) is 0 Å². The number of amides is 1. The fraction of sp³-hybridized carbons (Fsp3) is 0.138. The van der Waals surface area contributed by atoms with Gasteiger partial charge in [0.2, 0.25) is 0 Å². The Labute approximate surface area is 212 Å². The zero-order valence-electron chi connectivity index (χ0n) is 20.2. The number of para-hydroxylation sites is 1. The molecule has 4 rings (SSSR count). The van der Waals surface area contributed by atoms with Gasteiger partial charge in [-0.3, -0.25) is 9.10 Å². The molecule has 0 fully saturated rings. The molecule has 6 nitrogen and oxygen atoms in total. The van der Waals surface area contributed by atoms with Crippen molar-refractivity contribution in [1.82, 2.24) is 5.32 Å². The van der Waals surface area contributed by atoms with E-state index in [0.29, 0.717) is 11.4 Å². The molecule has 0 spiro atoms. The van der Waals surface area contributed by atoms with Gasteiger partial charge in [-0.2, -0.15) is 0 Å². The van der Waals surface area contributed by atoms with Crippen LogP contribution >= 0.6 is 0 Å². The van der Waals surface area contributed by atoms with Crippen molar-refractivity contribution in [2.24, 2.45) is 0 Å². The van der Waals surface area contributed by atoms with E-state index in [0.717, 1.165) is 11.1 Å². The number of sulfonamides is 1. The number of methoxy groups -OCH3 is 1. The molecule has 0 saturated heterocycles. The standard InChI is InChI=1S/C29H28N2O4S/c1-22(24-13-7-4-8-14-24)30-29(32)27-15-9-10-16-28(27)31(21-23-11-5-3-6-12-23)36(33,34)26-19-17-25(35-2)18-20-26/h3-20,22H,21H2,1-2H3,(H,30,32). The Morgan fingerprint density at radius 3 is 2.06 bits per heavy atom. The Balaban J connectivity index is 1.75. The molecule has 184 valence electrons. The Hall–Kier alpha value is -4.10. The van der Waals surface area contributed by atoms with Gasteiger partial charge in [-0.05, 0) is 54.4 Å². The molecule has 0 aliphatic rings. The van der Waals surface area contributed by atoms with E-state index in [1.165, 1.54) is 23.5 Å². The Bertz CT molecular complexity index is 1410. The molecule has 7 heteroatoms. The lowest BCUT2D eigenvalue weighted by Crippen LogP contribution is -2.34. The quantitative estimate of drug-likeness (QED) is 0.325. The molecule has 4 aromatic rings. The van der Waals surface area contributed by atoms with Crippen molar-refractivity contribution in [3.05, 3.63) is 126 Å². The Kier molecular flexibility index (Phi) is 7.71. The normalized spacial score (nSPS) is 11.9. The molecule has 4 aromatic carbocycles. The predicted molar refractivity (Wildman–Crippen MR) is 142 cm³/mol. The third kappa shape index (κ3) is 5.58. The van der Waals surface area contributed by atoms with Crippen LogP contribution in [0.1, 0.15) is 34.5 Å². The van der Waals surface area contributed by atoms with Crippen LogP contribution in [-0.2, 0) is 16.6 Å². The van der Waals surface area contributed by atoms with Gasteiger partial charge < -0.3 is 10.1 Å². The van der Waals surface area contributed by atoms with Crippen LogP contribution in [0.3, 0.4) is 0 Å². The molecule has 0 bridgehead atoms. The van der Waals surface area contributed by atoms with E-state index in [1.54, 1.807) is 36.4 Å². The van der Waals surface area contributed by atoms with E-state index >= 15 is 0 Å². The van der Waals surface area contributed by atoms with Gasteiger partial charge in [-0.25, -0.2) is 8.42 Å². The zero-order valence-corrected chi connectivity index (χ0v) is 21.0. The summed E-state index contributed by atoms with van der Waals surface area (Å²) in [4.78, 5) is 13.5. The first-order valence-electron chi connectivity index (χ1n) is 11.6. The number of nitrogens with zero attached hydrogens (tertiary/aromatic N) is 1. The number of hydrogen-bond acceptors (Lipinski definition) is 4. The fourth-order valence-electron chi connectivity index (χ4n) is 3.91. The van der Waals surface area contributed by atoms with Crippen LogP contribution in [0, 0.1) is 0 Å². The molecule has 1 atom stereocenters. The molecule has 1 amide bonds. The van der Waals surface area contributed by atoms with Crippen LogP contribution in [0.5, 0.6) is 5.75 Å². The van der Waals surface area contributed by atoms with Gasteiger partial charge in [-0.1, -0.05) is 72.8 Å². The monoisotopic (exact) mass is 500 g/mol. The number of benzene rings is 4. The Morgan fingerprint density at radius 2 is 1.42 bits per heavy atom. The number of nitrogens with one attached hydrogen (secondary N) is 1. The van der Waals surface area contributed by atoms with E-state index in [-0.39, 0.29) is 29.0 Å². The first kappa shape index (κ1) is 25.0. The predicted octanol–water partition coefficient (Wildman–Crippen LogP) is 5.58. The summed E-state index contributed by atoms with van der Waals surface area (Å²) < 4.78 is 34.3. The lowest BCUT2D eigenvalue weighted by Gasteiger charge is -2.27. The molecule has 0 aliphatic carbocycles. The first-order valence-corrected chi connectivity index (χ1v) is 13.0. The summed E-state index contributed by atoms with van der Waals surface area (Å²) in [6.07, 6.45) is 0. The summed E-state index contributed by atoms with van der Waals surface area (Å²) in [5, 5.41) is 3.00. The summed E-state index contributed by atoms with van der Waals surface area (Å²) in [6, 6.07) is 31.6. The van der Waals surface area contributed by atoms with E-state index in [2.05, 4.69) is 5.32 Å². The highest BCUT2D eigenvalue weighted by molar-refractivity contribution is 7.92. The molecule has 0 aromatic heterocycles. The van der Waals surface area contributed by atoms with Crippen molar-refractivity contribution in [2.75, 3.05) is 11.4 Å². The molecule has 0 saturated carbocycles. The summed E-state index contributed by atoms with van der Waals surface area (Å²) in [6.45, 7) is 1.96. The maximum Gasteiger partial charge on any atom is 0.264 e. The summed E-state index contributed by atoms with van der Waals surface area (Å²) in [5.41, 5.74) is 2.32. The van der Waals surface area contributed by atoms with Crippen molar-refractivity contribution >= 4 is 21.6 Å². The number of ether oxygens (including phenoxy) is 1. The van der Waals surface area contributed by atoms with E-state index < -0.39 is 10.0 Å². The van der Waals surface area contributed by atoms with E-state index in [1.807, 2.05) is 67.6 Å². The van der Waals surface area contributed by atoms with Crippen LogP contribution in [0.4, 0.5) is 5.69 Å². The maximum atomic E-state index is 13.9. The zero-order chi connectivity index (χ0) is 25.5.